The molecule has 0 aliphatic rings. The second-order valence-corrected chi connectivity index (χ2v) is 6.43. The van der Waals surface area contributed by atoms with E-state index in [0.29, 0.717) is 0 Å². The highest BCUT2D eigenvalue weighted by Gasteiger charge is 2.25. The molecule has 2 rings (SSSR count). The lowest BCUT2D eigenvalue weighted by atomic mass is 9.86. The van der Waals surface area contributed by atoms with Crippen LogP contribution in [0.4, 0.5) is 0 Å². The Balaban J connectivity index is 2.24. The number of aliphatic hydroxyl groups is 1. The quantitative estimate of drug-likeness (QED) is 0.914. The van der Waals surface area contributed by atoms with Gasteiger partial charge in [-0.25, -0.2) is 4.98 Å². The van der Waals surface area contributed by atoms with E-state index < -0.39 is 0 Å². The number of rotatable bonds is 4. The molecule has 1 aromatic carbocycles. The first-order chi connectivity index (χ1) is 8.53. The van der Waals surface area contributed by atoms with E-state index >= 15 is 0 Å². The summed E-state index contributed by atoms with van der Waals surface area (Å²) in [6, 6.07) is 10.5. The second-order valence-electron chi connectivity index (χ2n) is 5.23. The van der Waals surface area contributed by atoms with Crippen molar-refractivity contribution >= 4 is 11.3 Å². The number of hydrogen-bond donors (Lipinski definition) is 1. The van der Waals surface area contributed by atoms with Gasteiger partial charge in [-0.05, 0) is 18.9 Å². The first-order valence-electron chi connectivity index (χ1n) is 6.14. The first-order valence-corrected chi connectivity index (χ1v) is 6.96. The SMILES string of the molecule is Cc1sc(C(C)(C)Cc2ccccc2)nc1CO. The van der Waals surface area contributed by atoms with Gasteiger partial charge >= 0.3 is 0 Å². The Kier molecular flexibility index (Phi) is 3.83. The summed E-state index contributed by atoms with van der Waals surface area (Å²) < 4.78 is 0. The number of benzene rings is 1. The highest BCUT2D eigenvalue weighted by Crippen LogP contribution is 2.32. The Morgan fingerprint density at radius 2 is 1.89 bits per heavy atom. The molecule has 96 valence electrons. The molecule has 2 nitrogen and oxygen atoms in total. The Bertz CT molecular complexity index is 517. The van der Waals surface area contributed by atoms with Crippen molar-refractivity contribution in [1.82, 2.24) is 4.98 Å². The molecule has 0 bridgehead atoms. The van der Waals surface area contributed by atoms with Crippen LogP contribution in [0, 0.1) is 6.92 Å². The Labute approximate surface area is 112 Å². The van der Waals surface area contributed by atoms with Crippen LogP contribution in [0.5, 0.6) is 0 Å². The van der Waals surface area contributed by atoms with Gasteiger partial charge in [-0.15, -0.1) is 11.3 Å². The summed E-state index contributed by atoms with van der Waals surface area (Å²) in [6.45, 7) is 6.47. The third-order valence-corrected chi connectivity index (χ3v) is 4.49. The molecule has 0 radical (unpaired) electrons. The molecule has 0 fully saturated rings. The Morgan fingerprint density at radius 1 is 1.22 bits per heavy atom. The fraction of sp³-hybridized carbons (Fsp3) is 0.400. The summed E-state index contributed by atoms with van der Waals surface area (Å²) in [5.41, 5.74) is 2.14. The molecule has 0 amide bonds. The molecule has 0 spiro atoms. The van der Waals surface area contributed by atoms with Crippen molar-refractivity contribution in [3.63, 3.8) is 0 Å². The summed E-state index contributed by atoms with van der Waals surface area (Å²) in [4.78, 5) is 5.68. The van der Waals surface area contributed by atoms with Crippen molar-refractivity contribution in [2.45, 2.75) is 39.2 Å². The minimum Gasteiger partial charge on any atom is -0.390 e. The molecule has 0 saturated heterocycles. The minimum atomic E-state index is 0.00417. The second kappa shape index (κ2) is 5.21. The number of aliphatic hydroxyl groups excluding tert-OH is 1. The molecule has 2 aromatic rings. The van der Waals surface area contributed by atoms with Crippen LogP contribution in [-0.2, 0) is 18.4 Å². The van der Waals surface area contributed by atoms with Crippen molar-refractivity contribution < 1.29 is 5.11 Å². The van der Waals surface area contributed by atoms with Gasteiger partial charge in [0.1, 0.15) is 0 Å². The van der Waals surface area contributed by atoms with Crippen LogP contribution in [0.2, 0.25) is 0 Å². The van der Waals surface area contributed by atoms with E-state index in [4.69, 9.17) is 0 Å². The number of nitrogens with zero attached hydrogens (tertiary/aromatic N) is 1. The molecule has 0 aliphatic heterocycles. The predicted octanol–water partition coefficient (Wildman–Crippen LogP) is 3.46. The maximum atomic E-state index is 9.23. The molecule has 3 heteroatoms. The zero-order chi connectivity index (χ0) is 13.2. The average Bonchev–Trinajstić information content (AvgIpc) is 2.72. The maximum absolute atomic E-state index is 9.23. The van der Waals surface area contributed by atoms with Crippen molar-refractivity contribution in [1.29, 1.82) is 0 Å². The molecular formula is C15H19NOS. The van der Waals surface area contributed by atoms with Crippen LogP contribution in [0.15, 0.2) is 30.3 Å². The van der Waals surface area contributed by atoms with Gasteiger partial charge in [0.15, 0.2) is 0 Å². The van der Waals surface area contributed by atoms with Gasteiger partial charge in [0.2, 0.25) is 0 Å². The summed E-state index contributed by atoms with van der Waals surface area (Å²) in [5.74, 6) is 0. The maximum Gasteiger partial charge on any atom is 0.0991 e. The highest BCUT2D eigenvalue weighted by molar-refractivity contribution is 7.11. The van der Waals surface area contributed by atoms with Crippen LogP contribution in [0.25, 0.3) is 0 Å². The fourth-order valence-electron chi connectivity index (χ4n) is 2.05. The Morgan fingerprint density at radius 3 is 2.44 bits per heavy atom. The predicted molar refractivity (Wildman–Crippen MR) is 75.9 cm³/mol. The smallest absolute Gasteiger partial charge is 0.0991 e. The van der Waals surface area contributed by atoms with Gasteiger partial charge in [-0.2, -0.15) is 0 Å². The zero-order valence-electron chi connectivity index (χ0n) is 11.1. The molecule has 1 heterocycles. The van der Waals surface area contributed by atoms with Gasteiger partial charge in [-0.3, -0.25) is 0 Å². The lowest BCUT2D eigenvalue weighted by Gasteiger charge is -2.22. The van der Waals surface area contributed by atoms with Crippen LogP contribution in [0.3, 0.4) is 0 Å². The Hall–Kier alpha value is -1.19. The highest BCUT2D eigenvalue weighted by atomic mass is 32.1. The normalized spacial score (nSPS) is 11.8. The summed E-state index contributed by atoms with van der Waals surface area (Å²) in [7, 11) is 0. The third-order valence-electron chi connectivity index (χ3n) is 3.11. The summed E-state index contributed by atoms with van der Waals surface area (Å²) in [5, 5.41) is 10.3. The molecule has 0 unspecified atom stereocenters. The lowest BCUT2D eigenvalue weighted by Crippen LogP contribution is -2.20. The molecular weight excluding hydrogens is 242 g/mol. The van der Waals surface area contributed by atoms with Gasteiger partial charge in [-0.1, -0.05) is 44.2 Å². The topological polar surface area (TPSA) is 33.1 Å². The number of hydrogen-bond acceptors (Lipinski definition) is 3. The van der Waals surface area contributed by atoms with Crippen LogP contribution < -0.4 is 0 Å². The lowest BCUT2D eigenvalue weighted by molar-refractivity contribution is 0.276. The standard InChI is InChI=1S/C15H19NOS/c1-11-13(10-17)16-14(18-11)15(2,3)9-12-7-5-4-6-8-12/h4-8,17H,9-10H2,1-3H3. The largest absolute Gasteiger partial charge is 0.390 e. The van der Waals surface area contributed by atoms with Gasteiger partial charge in [0.25, 0.3) is 0 Å². The van der Waals surface area contributed by atoms with Crippen molar-refractivity contribution in [2.24, 2.45) is 0 Å². The van der Waals surface area contributed by atoms with E-state index in [1.165, 1.54) is 5.56 Å². The van der Waals surface area contributed by atoms with E-state index in [1.807, 2.05) is 13.0 Å². The van der Waals surface area contributed by atoms with Crippen LogP contribution in [-0.4, -0.2) is 10.1 Å². The molecule has 18 heavy (non-hydrogen) atoms. The zero-order valence-corrected chi connectivity index (χ0v) is 11.9. The minimum absolute atomic E-state index is 0.00417. The number of aryl methyl sites for hydroxylation is 1. The third kappa shape index (κ3) is 2.79. The van der Waals surface area contributed by atoms with Crippen molar-refractivity contribution in [3.8, 4) is 0 Å². The molecule has 0 atom stereocenters. The number of aromatic nitrogens is 1. The molecule has 1 N–H and O–H groups in total. The van der Waals surface area contributed by atoms with Crippen molar-refractivity contribution in [3.05, 3.63) is 51.5 Å². The van der Waals surface area contributed by atoms with E-state index in [9.17, 15) is 5.11 Å². The van der Waals surface area contributed by atoms with Gasteiger partial charge in [0, 0.05) is 10.3 Å². The first kappa shape index (κ1) is 13.2. The van der Waals surface area contributed by atoms with E-state index in [2.05, 4.69) is 43.1 Å². The van der Waals surface area contributed by atoms with Crippen LogP contribution in [0.1, 0.15) is 35.0 Å². The fourth-order valence-corrected chi connectivity index (χ4v) is 3.07. The van der Waals surface area contributed by atoms with E-state index in [1.54, 1.807) is 11.3 Å². The van der Waals surface area contributed by atoms with Gasteiger partial charge < -0.3 is 5.11 Å². The molecule has 1 aromatic heterocycles. The van der Waals surface area contributed by atoms with E-state index in [0.717, 1.165) is 22.0 Å². The monoisotopic (exact) mass is 261 g/mol. The van der Waals surface area contributed by atoms with E-state index in [-0.39, 0.29) is 12.0 Å². The summed E-state index contributed by atoms with van der Waals surface area (Å²) >= 11 is 1.69. The van der Waals surface area contributed by atoms with Gasteiger partial charge in [0.05, 0.1) is 17.3 Å². The number of thiazole rings is 1. The molecule has 0 saturated carbocycles. The summed E-state index contributed by atoms with van der Waals surface area (Å²) in [6.07, 6.45) is 0.964. The molecule has 0 aliphatic carbocycles. The van der Waals surface area contributed by atoms with Crippen molar-refractivity contribution in [2.75, 3.05) is 0 Å². The van der Waals surface area contributed by atoms with Crippen LogP contribution >= 0.6 is 11.3 Å². The average molecular weight is 261 g/mol.